The van der Waals surface area contributed by atoms with E-state index in [1.807, 2.05) is 61.5 Å². The first-order valence-electron chi connectivity index (χ1n) is 12.0. The highest BCUT2D eigenvalue weighted by Crippen LogP contribution is 2.42. The highest BCUT2D eigenvalue weighted by atomic mass is 35.5. The molecule has 2 N–H and O–H groups in total. The van der Waals surface area contributed by atoms with Gasteiger partial charge in [-0.1, -0.05) is 36.6 Å². The van der Waals surface area contributed by atoms with Crippen LogP contribution >= 0.6 is 11.6 Å². The number of rotatable bonds is 8. The van der Waals surface area contributed by atoms with E-state index in [0.29, 0.717) is 5.02 Å². The molecule has 1 aromatic heterocycles. The number of aromatic nitrogens is 2. The van der Waals surface area contributed by atoms with Crippen LogP contribution < -0.4 is 15.5 Å². The number of aryl methyl sites for hydroxylation is 1. The molecule has 1 heterocycles. The Labute approximate surface area is 206 Å². The van der Waals surface area contributed by atoms with Gasteiger partial charge in [0.2, 0.25) is 5.91 Å². The highest BCUT2D eigenvalue weighted by Gasteiger charge is 2.42. The van der Waals surface area contributed by atoms with Crippen LogP contribution in [0.3, 0.4) is 0 Å². The lowest BCUT2D eigenvalue weighted by molar-refractivity contribution is -0.121. The lowest BCUT2D eigenvalue weighted by Gasteiger charge is -2.28. The van der Waals surface area contributed by atoms with E-state index >= 15 is 0 Å². The Kier molecular flexibility index (Phi) is 7.37. The van der Waals surface area contributed by atoms with E-state index in [-0.39, 0.29) is 5.91 Å². The van der Waals surface area contributed by atoms with E-state index in [1.54, 1.807) is 0 Å². The first-order chi connectivity index (χ1) is 16.4. The van der Waals surface area contributed by atoms with Crippen LogP contribution in [0.15, 0.2) is 54.6 Å². The van der Waals surface area contributed by atoms with Crippen molar-refractivity contribution < 1.29 is 4.79 Å². The molecule has 1 amide bonds. The maximum Gasteiger partial charge on any atom is 0.235 e. The van der Waals surface area contributed by atoms with Gasteiger partial charge in [0.05, 0.1) is 5.41 Å². The molecule has 2 aromatic carbocycles. The van der Waals surface area contributed by atoms with Gasteiger partial charge in [0.15, 0.2) is 0 Å². The van der Waals surface area contributed by atoms with Gasteiger partial charge in [0.1, 0.15) is 17.5 Å². The predicted octanol–water partition coefficient (Wildman–Crippen LogP) is 6.48. The van der Waals surface area contributed by atoms with Crippen molar-refractivity contribution in [1.82, 2.24) is 9.97 Å². The standard InChI is InChI=1S/C27H32ClN5O/c1-4-33(5-2)25-18-24(29-19(3)30-25)31-22-12-14-23(15-13-22)32-26(34)27(16-6-7-17-27)20-8-10-21(28)11-9-20/h8-15,18H,4-7,16-17H2,1-3H3,(H,32,34)(H,29,30,31). The topological polar surface area (TPSA) is 70.2 Å². The molecule has 0 spiro atoms. The third-order valence-corrected chi connectivity index (χ3v) is 6.87. The number of nitrogens with one attached hydrogen (secondary N) is 2. The summed E-state index contributed by atoms with van der Waals surface area (Å²) >= 11 is 6.08. The molecule has 0 bridgehead atoms. The smallest absolute Gasteiger partial charge is 0.235 e. The minimum absolute atomic E-state index is 0.0447. The van der Waals surface area contributed by atoms with Crippen LogP contribution in [0.4, 0.5) is 23.0 Å². The van der Waals surface area contributed by atoms with Crippen LogP contribution in [0.1, 0.15) is 50.9 Å². The Bertz CT molecular complexity index is 1120. The van der Waals surface area contributed by atoms with Crippen molar-refractivity contribution >= 4 is 40.5 Å². The molecule has 0 unspecified atom stereocenters. The normalized spacial score (nSPS) is 14.6. The minimum Gasteiger partial charge on any atom is -0.357 e. The number of hydrogen-bond donors (Lipinski definition) is 2. The average molecular weight is 478 g/mol. The quantitative estimate of drug-likeness (QED) is 0.388. The van der Waals surface area contributed by atoms with Crippen LogP contribution in [0, 0.1) is 6.92 Å². The third kappa shape index (κ3) is 5.17. The molecular formula is C27H32ClN5O. The number of amides is 1. The zero-order chi connectivity index (χ0) is 24.1. The number of halogens is 1. The highest BCUT2D eigenvalue weighted by molar-refractivity contribution is 6.30. The fourth-order valence-electron chi connectivity index (χ4n) is 4.76. The second-order valence-corrected chi connectivity index (χ2v) is 9.22. The van der Waals surface area contributed by atoms with E-state index < -0.39 is 5.41 Å². The Balaban J connectivity index is 1.48. The van der Waals surface area contributed by atoms with Crippen molar-refractivity contribution in [3.05, 3.63) is 71.0 Å². The molecule has 0 saturated heterocycles. The zero-order valence-electron chi connectivity index (χ0n) is 20.1. The summed E-state index contributed by atoms with van der Waals surface area (Å²) in [6.45, 7) is 7.90. The number of anilines is 4. The monoisotopic (exact) mass is 477 g/mol. The Morgan fingerprint density at radius 2 is 1.59 bits per heavy atom. The maximum atomic E-state index is 13.4. The first kappa shape index (κ1) is 24.0. The van der Waals surface area contributed by atoms with E-state index in [4.69, 9.17) is 11.6 Å². The number of nitrogens with zero attached hydrogens (tertiary/aromatic N) is 3. The number of benzene rings is 2. The summed E-state index contributed by atoms with van der Waals surface area (Å²) in [5.74, 6) is 2.43. The summed E-state index contributed by atoms with van der Waals surface area (Å²) < 4.78 is 0. The van der Waals surface area contributed by atoms with Gasteiger partial charge < -0.3 is 15.5 Å². The summed E-state index contributed by atoms with van der Waals surface area (Å²) in [6.07, 6.45) is 3.80. The van der Waals surface area contributed by atoms with Crippen molar-refractivity contribution in [2.75, 3.05) is 28.6 Å². The summed E-state index contributed by atoms with van der Waals surface area (Å²) in [5, 5.41) is 7.19. The fraction of sp³-hybridized carbons (Fsp3) is 0.370. The molecule has 0 radical (unpaired) electrons. The lowest BCUT2D eigenvalue weighted by Crippen LogP contribution is -2.37. The van der Waals surface area contributed by atoms with Gasteiger partial charge in [-0.2, -0.15) is 0 Å². The van der Waals surface area contributed by atoms with Gasteiger partial charge in [-0.3, -0.25) is 4.79 Å². The van der Waals surface area contributed by atoms with Gasteiger partial charge in [0, 0.05) is 35.6 Å². The second kappa shape index (κ2) is 10.4. The average Bonchev–Trinajstić information content (AvgIpc) is 3.33. The molecule has 178 valence electrons. The van der Waals surface area contributed by atoms with Gasteiger partial charge in [-0.15, -0.1) is 0 Å². The molecule has 1 saturated carbocycles. The fourth-order valence-corrected chi connectivity index (χ4v) is 4.88. The number of carbonyl (C=O) groups is 1. The van der Waals surface area contributed by atoms with Crippen LogP contribution in [-0.4, -0.2) is 29.0 Å². The zero-order valence-corrected chi connectivity index (χ0v) is 20.8. The van der Waals surface area contributed by atoms with Gasteiger partial charge in [0.25, 0.3) is 0 Å². The van der Waals surface area contributed by atoms with Crippen LogP contribution in [0.5, 0.6) is 0 Å². The summed E-state index contributed by atoms with van der Waals surface area (Å²) in [6, 6.07) is 17.4. The molecule has 1 aliphatic carbocycles. The number of carbonyl (C=O) groups excluding carboxylic acids is 1. The predicted molar refractivity (Wildman–Crippen MR) is 140 cm³/mol. The van der Waals surface area contributed by atoms with E-state index in [1.165, 1.54) is 0 Å². The largest absolute Gasteiger partial charge is 0.357 e. The molecular weight excluding hydrogens is 446 g/mol. The molecule has 4 rings (SSSR count). The SMILES string of the molecule is CCN(CC)c1cc(Nc2ccc(NC(=O)C3(c4ccc(Cl)cc4)CCCC3)cc2)nc(C)n1. The minimum atomic E-state index is -0.499. The summed E-state index contributed by atoms with van der Waals surface area (Å²) in [4.78, 5) is 24.7. The maximum absolute atomic E-state index is 13.4. The molecule has 3 aromatic rings. The van der Waals surface area contributed by atoms with Crippen molar-refractivity contribution in [1.29, 1.82) is 0 Å². The molecule has 7 heteroatoms. The van der Waals surface area contributed by atoms with E-state index in [0.717, 1.165) is 73.2 Å². The lowest BCUT2D eigenvalue weighted by atomic mass is 9.78. The van der Waals surface area contributed by atoms with Crippen LogP contribution in [-0.2, 0) is 10.2 Å². The Morgan fingerprint density at radius 1 is 0.971 bits per heavy atom. The van der Waals surface area contributed by atoms with Crippen LogP contribution in [0.2, 0.25) is 5.02 Å². The van der Waals surface area contributed by atoms with Gasteiger partial charge in [-0.25, -0.2) is 9.97 Å². The molecule has 6 nitrogen and oxygen atoms in total. The Hall–Kier alpha value is -3.12. The molecule has 0 atom stereocenters. The van der Waals surface area contributed by atoms with Crippen molar-refractivity contribution in [3.8, 4) is 0 Å². The van der Waals surface area contributed by atoms with Crippen LogP contribution in [0.25, 0.3) is 0 Å². The summed E-state index contributed by atoms with van der Waals surface area (Å²) in [7, 11) is 0. The molecule has 1 aliphatic rings. The van der Waals surface area contributed by atoms with Crippen molar-refractivity contribution in [3.63, 3.8) is 0 Å². The molecule has 0 aliphatic heterocycles. The third-order valence-electron chi connectivity index (χ3n) is 6.62. The number of hydrogen-bond acceptors (Lipinski definition) is 5. The Morgan fingerprint density at radius 3 is 2.21 bits per heavy atom. The van der Waals surface area contributed by atoms with Gasteiger partial charge in [-0.05, 0) is 75.6 Å². The van der Waals surface area contributed by atoms with Crippen molar-refractivity contribution in [2.24, 2.45) is 0 Å². The molecule has 1 fully saturated rings. The van der Waals surface area contributed by atoms with E-state index in [2.05, 4.69) is 39.3 Å². The summed E-state index contributed by atoms with van der Waals surface area (Å²) in [5.41, 5.74) is 2.21. The van der Waals surface area contributed by atoms with Gasteiger partial charge >= 0.3 is 0 Å². The first-order valence-corrected chi connectivity index (χ1v) is 12.4. The van der Waals surface area contributed by atoms with E-state index in [9.17, 15) is 4.79 Å². The van der Waals surface area contributed by atoms with Crippen molar-refractivity contribution in [2.45, 2.75) is 51.9 Å². The molecule has 34 heavy (non-hydrogen) atoms. The second-order valence-electron chi connectivity index (χ2n) is 8.78.